The number of rotatable bonds is 1. The van der Waals surface area contributed by atoms with Crippen LogP contribution in [-0.2, 0) is 6.18 Å². The summed E-state index contributed by atoms with van der Waals surface area (Å²) in [4.78, 5) is 4.36. The molecule has 0 aliphatic heterocycles. The van der Waals surface area contributed by atoms with Crippen molar-refractivity contribution >= 4 is 10.9 Å². The molecule has 21 heavy (non-hydrogen) atoms. The lowest BCUT2D eigenvalue weighted by Gasteiger charge is -2.12. The summed E-state index contributed by atoms with van der Waals surface area (Å²) in [7, 11) is 0. The number of benzene rings is 2. The molecule has 0 atom stereocenters. The fourth-order valence-electron chi connectivity index (χ4n) is 2.32. The molecule has 0 bridgehead atoms. The van der Waals surface area contributed by atoms with E-state index in [1.54, 1.807) is 12.1 Å². The molecule has 0 saturated carbocycles. The number of hydrogen-bond donors (Lipinski definition) is 0. The topological polar surface area (TPSA) is 12.9 Å². The van der Waals surface area contributed by atoms with Crippen molar-refractivity contribution in [1.29, 1.82) is 0 Å². The summed E-state index contributed by atoms with van der Waals surface area (Å²) >= 11 is 0. The van der Waals surface area contributed by atoms with Gasteiger partial charge in [-0.1, -0.05) is 36.4 Å². The van der Waals surface area contributed by atoms with Crippen LogP contribution >= 0.6 is 0 Å². The largest absolute Gasteiger partial charge is 0.417 e. The molecule has 1 aromatic heterocycles. The average molecular weight is 286 g/mol. The molecule has 0 spiro atoms. The Balaban J connectivity index is 2.24. The van der Waals surface area contributed by atoms with E-state index >= 15 is 0 Å². The highest BCUT2D eigenvalue weighted by molar-refractivity contribution is 5.84. The van der Waals surface area contributed by atoms with Crippen molar-refractivity contribution in [2.45, 2.75) is 13.1 Å². The Morgan fingerprint density at radius 3 is 2.52 bits per heavy atom. The monoisotopic (exact) mass is 286 g/mol. The second-order valence-electron chi connectivity index (χ2n) is 4.81. The molecule has 0 aliphatic rings. The van der Waals surface area contributed by atoms with Crippen LogP contribution in [0.5, 0.6) is 0 Å². The maximum atomic E-state index is 13.1. The number of aromatic nitrogens is 1. The molecular formula is C17H11F3N. The molecule has 1 heterocycles. The number of pyridine rings is 1. The highest BCUT2D eigenvalue weighted by atomic mass is 19.4. The van der Waals surface area contributed by atoms with Crippen LogP contribution in [0.1, 0.15) is 11.1 Å². The van der Waals surface area contributed by atoms with Crippen LogP contribution in [0, 0.1) is 13.0 Å². The Morgan fingerprint density at radius 1 is 1.00 bits per heavy atom. The lowest BCUT2D eigenvalue weighted by atomic mass is 10.0. The van der Waals surface area contributed by atoms with Gasteiger partial charge in [-0.25, -0.2) is 4.98 Å². The first-order valence-electron chi connectivity index (χ1n) is 6.41. The Kier molecular flexibility index (Phi) is 3.16. The molecule has 0 aliphatic carbocycles. The molecule has 0 N–H and O–H groups in total. The van der Waals surface area contributed by atoms with E-state index in [1.807, 2.05) is 25.1 Å². The quantitative estimate of drug-likeness (QED) is 0.611. The Bertz CT molecular complexity index is 806. The van der Waals surface area contributed by atoms with Gasteiger partial charge in [0.05, 0.1) is 16.8 Å². The summed E-state index contributed by atoms with van der Waals surface area (Å²) < 4.78 is 39.3. The zero-order valence-corrected chi connectivity index (χ0v) is 11.2. The van der Waals surface area contributed by atoms with Gasteiger partial charge in [-0.05, 0) is 24.6 Å². The third kappa shape index (κ3) is 2.49. The van der Waals surface area contributed by atoms with E-state index < -0.39 is 11.7 Å². The van der Waals surface area contributed by atoms with Crippen LogP contribution in [-0.4, -0.2) is 4.98 Å². The SMILES string of the molecule is Cc1cccc2c[c]c(-c3ccccc3C(F)(F)F)nc12. The predicted octanol–water partition coefficient (Wildman–Crippen LogP) is 5.03. The van der Waals surface area contributed by atoms with Gasteiger partial charge in [-0.15, -0.1) is 0 Å². The predicted molar refractivity (Wildman–Crippen MR) is 75.8 cm³/mol. The normalized spacial score (nSPS) is 11.8. The molecule has 0 fully saturated rings. The van der Waals surface area contributed by atoms with E-state index in [2.05, 4.69) is 11.1 Å². The van der Waals surface area contributed by atoms with Crippen LogP contribution in [0.2, 0.25) is 0 Å². The Labute approximate surface area is 120 Å². The minimum Gasteiger partial charge on any atom is -0.247 e. The smallest absolute Gasteiger partial charge is 0.247 e. The fraction of sp³-hybridized carbons (Fsp3) is 0.118. The number of hydrogen-bond acceptors (Lipinski definition) is 1. The van der Waals surface area contributed by atoms with Crippen LogP contribution in [0.3, 0.4) is 0 Å². The summed E-state index contributed by atoms with van der Waals surface area (Å²) in [5.41, 5.74) is 1.19. The lowest BCUT2D eigenvalue weighted by molar-refractivity contribution is -0.137. The number of para-hydroxylation sites is 1. The zero-order chi connectivity index (χ0) is 15.0. The van der Waals surface area contributed by atoms with Gasteiger partial charge >= 0.3 is 6.18 Å². The van der Waals surface area contributed by atoms with E-state index in [9.17, 15) is 13.2 Å². The number of aryl methyl sites for hydroxylation is 1. The molecule has 105 valence electrons. The molecule has 0 amide bonds. The van der Waals surface area contributed by atoms with Crippen molar-refractivity contribution < 1.29 is 13.2 Å². The number of halogens is 3. The van der Waals surface area contributed by atoms with Gasteiger partial charge in [0.25, 0.3) is 0 Å². The maximum Gasteiger partial charge on any atom is 0.417 e. The van der Waals surface area contributed by atoms with Crippen molar-refractivity contribution in [2.24, 2.45) is 0 Å². The summed E-state index contributed by atoms with van der Waals surface area (Å²) in [6.45, 7) is 1.88. The van der Waals surface area contributed by atoms with E-state index in [0.717, 1.165) is 17.0 Å². The Hall–Kier alpha value is -2.36. The molecule has 3 rings (SSSR count). The van der Waals surface area contributed by atoms with E-state index in [1.165, 1.54) is 12.1 Å². The van der Waals surface area contributed by atoms with Gasteiger partial charge in [0.2, 0.25) is 0 Å². The highest BCUT2D eigenvalue weighted by Gasteiger charge is 2.33. The average Bonchev–Trinajstić information content (AvgIpc) is 2.46. The van der Waals surface area contributed by atoms with Gasteiger partial charge in [-0.2, -0.15) is 13.2 Å². The first kappa shape index (κ1) is 13.6. The molecule has 2 aromatic carbocycles. The minimum atomic E-state index is -4.41. The third-order valence-electron chi connectivity index (χ3n) is 3.34. The number of nitrogens with zero attached hydrogens (tertiary/aromatic N) is 1. The second-order valence-corrected chi connectivity index (χ2v) is 4.81. The molecule has 0 unspecified atom stereocenters. The zero-order valence-electron chi connectivity index (χ0n) is 11.2. The van der Waals surface area contributed by atoms with E-state index in [0.29, 0.717) is 5.52 Å². The third-order valence-corrected chi connectivity index (χ3v) is 3.34. The van der Waals surface area contributed by atoms with Crippen molar-refractivity contribution in [1.82, 2.24) is 4.98 Å². The maximum absolute atomic E-state index is 13.1. The van der Waals surface area contributed by atoms with Gasteiger partial charge in [0, 0.05) is 17.0 Å². The Morgan fingerprint density at radius 2 is 1.76 bits per heavy atom. The molecule has 4 heteroatoms. The highest BCUT2D eigenvalue weighted by Crippen LogP contribution is 2.36. The molecular weight excluding hydrogens is 275 g/mol. The van der Waals surface area contributed by atoms with Crippen molar-refractivity contribution in [3.8, 4) is 11.3 Å². The molecule has 3 aromatic rings. The standard InChI is InChI=1S/C17H11F3N/c1-11-5-4-6-12-9-10-15(21-16(11)12)13-7-2-3-8-14(13)17(18,19)20/h2-9H,1H3. The molecule has 1 radical (unpaired) electrons. The van der Waals surface area contributed by atoms with Crippen LogP contribution < -0.4 is 0 Å². The lowest BCUT2D eigenvalue weighted by Crippen LogP contribution is -2.07. The van der Waals surface area contributed by atoms with Crippen LogP contribution in [0.15, 0.2) is 48.5 Å². The van der Waals surface area contributed by atoms with Gasteiger partial charge in [0.15, 0.2) is 0 Å². The first-order valence-corrected chi connectivity index (χ1v) is 6.41. The summed E-state index contributed by atoms with van der Waals surface area (Å²) in [6, 6.07) is 15.6. The van der Waals surface area contributed by atoms with Crippen molar-refractivity contribution in [3.63, 3.8) is 0 Å². The van der Waals surface area contributed by atoms with Gasteiger partial charge < -0.3 is 0 Å². The summed E-state index contributed by atoms with van der Waals surface area (Å²) in [5.74, 6) is 0. The van der Waals surface area contributed by atoms with E-state index in [4.69, 9.17) is 0 Å². The fourth-order valence-corrected chi connectivity index (χ4v) is 2.32. The van der Waals surface area contributed by atoms with Crippen LogP contribution in [0.25, 0.3) is 22.2 Å². The van der Waals surface area contributed by atoms with Gasteiger partial charge in [-0.3, -0.25) is 0 Å². The first-order chi connectivity index (χ1) is 9.97. The van der Waals surface area contributed by atoms with Crippen LogP contribution in [0.4, 0.5) is 13.2 Å². The molecule has 1 nitrogen and oxygen atoms in total. The van der Waals surface area contributed by atoms with Gasteiger partial charge in [0.1, 0.15) is 0 Å². The van der Waals surface area contributed by atoms with E-state index in [-0.39, 0.29) is 11.3 Å². The molecule has 0 saturated heterocycles. The number of fused-ring (bicyclic) bond motifs is 1. The summed E-state index contributed by atoms with van der Waals surface area (Å²) in [6.07, 6.45) is -4.41. The minimum absolute atomic E-state index is 0.0511. The van der Waals surface area contributed by atoms with Crippen molar-refractivity contribution in [2.75, 3.05) is 0 Å². The second kappa shape index (κ2) is 4.88. The summed E-state index contributed by atoms with van der Waals surface area (Å²) in [5, 5.41) is 0.864. The number of alkyl halides is 3. The van der Waals surface area contributed by atoms with Crippen molar-refractivity contribution in [3.05, 3.63) is 65.7 Å².